The van der Waals surface area contributed by atoms with E-state index >= 15 is 0 Å². The summed E-state index contributed by atoms with van der Waals surface area (Å²) in [5.74, 6) is 0. The van der Waals surface area contributed by atoms with Crippen molar-refractivity contribution in [1.82, 2.24) is 4.57 Å². The van der Waals surface area contributed by atoms with Gasteiger partial charge in [0.2, 0.25) is 0 Å². The molecule has 0 amide bonds. The highest BCUT2D eigenvalue weighted by Gasteiger charge is 2.12. The van der Waals surface area contributed by atoms with Crippen molar-refractivity contribution in [1.29, 1.82) is 0 Å². The average Bonchev–Trinajstić information content (AvgIpc) is 2.59. The second-order valence-electron chi connectivity index (χ2n) is 3.77. The van der Waals surface area contributed by atoms with E-state index in [1.807, 2.05) is 60.9 Å². The van der Waals surface area contributed by atoms with Gasteiger partial charge in [-0.15, -0.1) is 0 Å². The summed E-state index contributed by atoms with van der Waals surface area (Å²) in [4.78, 5) is 0. The number of rotatable bonds is 2. The van der Waals surface area contributed by atoms with E-state index < -0.39 is 6.23 Å². The van der Waals surface area contributed by atoms with Crippen LogP contribution in [0.4, 0.5) is 0 Å². The zero-order chi connectivity index (χ0) is 10.8. The van der Waals surface area contributed by atoms with Crippen LogP contribution >= 0.6 is 0 Å². The SMILES string of the molecule is Cc1ccc(C)n1C(O)c1ccccc1. The van der Waals surface area contributed by atoms with Crippen LogP contribution in [0.3, 0.4) is 0 Å². The van der Waals surface area contributed by atoms with Crippen molar-refractivity contribution >= 4 is 0 Å². The third-order valence-electron chi connectivity index (χ3n) is 2.67. The molecule has 0 bridgehead atoms. The minimum Gasteiger partial charge on any atom is -0.369 e. The number of hydrogen-bond donors (Lipinski definition) is 1. The molecule has 0 aliphatic carbocycles. The van der Waals surface area contributed by atoms with E-state index in [4.69, 9.17) is 0 Å². The van der Waals surface area contributed by atoms with Gasteiger partial charge in [-0.3, -0.25) is 0 Å². The molecule has 0 saturated heterocycles. The van der Waals surface area contributed by atoms with Gasteiger partial charge in [-0.25, -0.2) is 0 Å². The topological polar surface area (TPSA) is 25.2 Å². The summed E-state index contributed by atoms with van der Waals surface area (Å²) >= 11 is 0. The van der Waals surface area contributed by atoms with Gasteiger partial charge in [0.1, 0.15) is 0 Å². The Balaban J connectivity index is 2.41. The van der Waals surface area contributed by atoms with Gasteiger partial charge in [0.15, 0.2) is 6.23 Å². The van der Waals surface area contributed by atoms with Crippen molar-refractivity contribution in [2.75, 3.05) is 0 Å². The Morgan fingerprint density at radius 3 is 2.00 bits per heavy atom. The maximum absolute atomic E-state index is 10.2. The zero-order valence-electron chi connectivity index (χ0n) is 9.01. The molecule has 1 aromatic heterocycles. The van der Waals surface area contributed by atoms with Gasteiger partial charge in [-0.1, -0.05) is 30.3 Å². The van der Waals surface area contributed by atoms with Crippen molar-refractivity contribution in [2.45, 2.75) is 20.1 Å². The van der Waals surface area contributed by atoms with Gasteiger partial charge >= 0.3 is 0 Å². The summed E-state index contributed by atoms with van der Waals surface area (Å²) in [5.41, 5.74) is 3.06. The number of nitrogens with zero attached hydrogens (tertiary/aromatic N) is 1. The summed E-state index contributed by atoms with van der Waals surface area (Å²) < 4.78 is 1.93. The van der Waals surface area contributed by atoms with Crippen LogP contribution in [0, 0.1) is 13.8 Å². The van der Waals surface area contributed by atoms with E-state index in [0.717, 1.165) is 17.0 Å². The van der Waals surface area contributed by atoms with Crippen molar-refractivity contribution in [3.05, 3.63) is 59.4 Å². The first-order valence-electron chi connectivity index (χ1n) is 5.07. The lowest BCUT2D eigenvalue weighted by Gasteiger charge is -2.17. The van der Waals surface area contributed by atoms with E-state index in [1.165, 1.54) is 0 Å². The second kappa shape index (κ2) is 3.91. The van der Waals surface area contributed by atoms with E-state index in [-0.39, 0.29) is 0 Å². The normalized spacial score (nSPS) is 12.7. The Labute approximate surface area is 89.8 Å². The molecule has 2 nitrogen and oxygen atoms in total. The molecule has 2 heteroatoms. The van der Waals surface area contributed by atoms with Crippen molar-refractivity contribution in [2.24, 2.45) is 0 Å². The largest absolute Gasteiger partial charge is 0.369 e. The average molecular weight is 201 g/mol. The van der Waals surface area contributed by atoms with Crippen molar-refractivity contribution < 1.29 is 5.11 Å². The predicted octanol–water partition coefficient (Wildman–Crippen LogP) is 2.64. The number of aromatic nitrogens is 1. The Bertz CT molecular complexity index is 425. The number of aliphatic hydroxyl groups is 1. The van der Waals surface area contributed by atoms with Crippen LogP contribution in [0.15, 0.2) is 42.5 Å². The van der Waals surface area contributed by atoms with E-state index in [0.29, 0.717) is 0 Å². The van der Waals surface area contributed by atoms with Gasteiger partial charge in [0, 0.05) is 17.0 Å². The Morgan fingerprint density at radius 1 is 0.933 bits per heavy atom. The van der Waals surface area contributed by atoms with Crippen LogP contribution in [0.25, 0.3) is 0 Å². The summed E-state index contributed by atoms with van der Waals surface area (Å²) in [6.45, 7) is 4.00. The summed E-state index contributed by atoms with van der Waals surface area (Å²) in [5, 5.41) is 10.2. The quantitative estimate of drug-likeness (QED) is 0.794. The first-order valence-corrected chi connectivity index (χ1v) is 5.07. The Hall–Kier alpha value is -1.54. The third kappa shape index (κ3) is 1.81. The molecule has 1 unspecified atom stereocenters. The van der Waals surface area contributed by atoms with Crippen LogP contribution in [-0.4, -0.2) is 9.67 Å². The minimum absolute atomic E-state index is 0.582. The lowest BCUT2D eigenvalue weighted by Crippen LogP contribution is -2.12. The zero-order valence-corrected chi connectivity index (χ0v) is 9.01. The van der Waals surface area contributed by atoms with Gasteiger partial charge < -0.3 is 9.67 Å². The molecule has 0 radical (unpaired) electrons. The maximum Gasteiger partial charge on any atom is 0.156 e. The third-order valence-corrected chi connectivity index (χ3v) is 2.67. The monoisotopic (exact) mass is 201 g/mol. The van der Waals surface area contributed by atoms with Crippen LogP contribution in [0.1, 0.15) is 23.2 Å². The molecule has 2 aromatic rings. The first kappa shape index (κ1) is 9.99. The molecule has 1 N–H and O–H groups in total. The van der Waals surface area contributed by atoms with Gasteiger partial charge in [-0.05, 0) is 26.0 Å². The lowest BCUT2D eigenvalue weighted by molar-refractivity contribution is 0.142. The molecule has 1 heterocycles. The van der Waals surface area contributed by atoms with E-state index in [1.54, 1.807) is 0 Å². The minimum atomic E-state index is -0.582. The highest BCUT2D eigenvalue weighted by molar-refractivity contribution is 5.22. The number of aryl methyl sites for hydroxylation is 2. The number of hydrogen-bond acceptors (Lipinski definition) is 1. The molecule has 78 valence electrons. The number of aliphatic hydroxyl groups excluding tert-OH is 1. The van der Waals surface area contributed by atoms with Gasteiger partial charge in [-0.2, -0.15) is 0 Å². The highest BCUT2D eigenvalue weighted by atomic mass is 16.3. The van der Waals surface area contributed by atoms with E-state index in [2.05, 4.69) is 0 Å². The Kier molecular flexibility index (Phi) is 2.60. The molecular weight excluding hydrogens is 186 g/mol. The van der Waals surface area contributed by atoms with Crippen molar-refractivity contribution in [3.8, 4) is 0 Å². The molecule has 0 saturated carbocycles. The van der Waals surface area contributed by atoms with E-state index in [9.17, 15) is 5.11 Å². The Morgan fingerprint density at radius 2 is 1.47 bits per heavy atom. The highest BCUT2D eigenvalue weighted by Crippen LogP contribution is 2.20. The predicted molar refractivity (Wildman–Crippen MR) is 60.7 cm³/mol. The smallest absolute Gasteiger partial charge is 0.156 e. The molecule has 0 aliphatic heterocycles. The molecule has 0 aliphatic rings. The van der Waals surface area contributed by atoms with Crippen LogP contribution in [-0.2, 0) is 0 Å². The van der Waals surface area contributed by atoms with Crippen LogP contribution in [0.2, 0.25) is 0 Å². The molecule has 0 spiro atoms. The van der Waals surface area contributed by atoms with Crippen molar-refractivity contribution in [3.63, 3.8) is 0 Å². The molecule has 0 fully saturated rings. The fraction of sp³-hybridized carbons (Fsp3) is 0.231. The second-order valence-corrected chi connectivity index (χ2v) is 3.77. The van der Waals surface area contributed by atoms with Gasteiger partial charge in [0.25, 0.3) is 0 Å². The molecule has 1 atom stereocenters. The molecule has 15 heavy (non-hydrogen) atoms. The fourth-order valence-electron chi connectivity index (χ4n) is 1.84. The first-order chi connectivity index (χ1) is 7.20. The molecular formula is C13H15NO. The molecule has 1 aromatic carbocycles. The fourth-order valence-corrected chi connectivity index (χ4v) is 1.84. The summed E-state index contributed by atoms with van der Waals surface area (Å²) in [6, 6.07) is 13.7. The maximum atomic E-state index is 10.2. The summed E-state index contributed by atoms with van der Waals surface area (Å²) in [6.07, 6.45) is -0.582. The standard InChI is InChI=1S/C13H15NO/c1-10-8-9-11(2)14(10)13(15)12-6-4-3-5-7-12/h3-9,13,15H,1-2H3. The van der Waals surface area contributed by atoms with Crippen LogP contribution in [0.5, 0.6) is 0 Å². The number of benzene rings is 1. The van der Waals surface area contributed by atoms with Crippen LogP contribution < -0.4 is 0 Å². The molecule has 2 rings (SSSR count). The summed E-state index contributed by atoms with van der Waals surface area (Å²) in [7, 11) is 0. The van der Waals surface area contributed by atoms with Gasteiger partial charge in [0.05, 0.1) is 0 Å². The lowest BCUT2D eigenvalue weighted by atomic mass is 10.2.